The van der Waals surface area contributed by atoms with E-state index in [1.807, 2.05) is 24.2 Å². The molecular formula is C23H29N3O3S. The van der Waals surface area contributed by atoms with E-state index < -0.39 is 0 Å². The van der Waals surface area contributed by atoms with Crippen molar-refractivity contribution in [3.8, 4) is 0 Å². The summed E-state index contributed by atoms with van der Waals surface area (Å²) in [5.41, 5.74) is 5.39. The average molecular weight is 428 g/mol. The molecule has 0 aromatic heterocycles. The number of rotatable bonds is 6. The molecule has 1 aromatic rings. The van der Waals surface area contributed by atoms with Gasteiger partial charge in [0, 0.05) is 19.3 Å². The summed E-state index contributed by atoms with van der Waals surface area (Å²) < 4.78 is 5.16. The third-order valence-corrected chi connectivity index (χ3v) is 6.47. The quantitative estimate of drug-likeness (QED) is 0.633. The Bertz CT molecular complexity index is 964. The minimum Gasteiger partial charge on any atom is -0.466 e. The molecule has 0 saturated carbocycles. The lowest BCUT2D eigenvalue weighted by Crippen LogP contribution is -2.38. The van der Waals surface area contributed by atoms with Crippen LogP contribution in [-0.2, 0) is 14.3 Å². The molecule has 0 aliphatic carbocycles. The molecule has 0 saturated heterocycles. The van der Waals surface area contributed by atoms with E-state index in [0.29, 0.717) is 18.5 Å². The first-order chi connectivity index (χ1) is 14.3. The summed E-state index contributed by atoms with van der Waals surface area (Å²) in [6.07, 6.45) is 0.879. The van der Waals surface area contributed by atoms with E-state index >= 15 is 0 Å². The van der Waals surface area contributed by atoms with Crippen molar-refractivity contribution in [1.29, 1.82) is 0 Å². The molecule has 1 amide bonds. The number of ether oxygens (including phenoxy) is 1. The molecule has 3 rings (SSSR count). The number of aliphatic imine (C=N–C) groups is 1. The summed E-state index contributed by atoms with van der Waals surface area (Å²) in [7, 11) is 3.20. The van der Waals surface area contributed by atoms with Gasteiger partial charge in [-0.25, -0.2) is 9.79 Å². The minimum absolute atomic E-state index is 0.0369. The fourth-order valence-corrected chi connectivity index (χ4v) is 4.74. The smallest absolute Gasteiger partial charge is 0.338 e. The minimum atomic E-state index is -0.382. The van der Waals surface area contributed by atoms with E-state index in [4.69, 9.17) is 9.73 Å². The molecule has 0 radical (unpaired) electrons. The number of nitrogens with zero attached hydrogens (tertiary/aromatic N) is 3. The first kappa shape index (κ1) is 22.2. The number of carbonyl (C=O) groups is 2. The van der Waals surface area contributed by atoms with Crippen LogP contribution in [0.4, 0.5) is 0 Å². The molecule has 0 bridgehead atoms. The number of amides is 1. The van der Waals surface area contributed by atoms with Crippen LogP contribution in [0.3, 0.4) is 0 Å². The van der Waals surface area contributed by atoms with Gasteiger partial charge < -0.3 is 14.5 Å². The lowest BCUT2D eigenvalue weighted by molar-refractivity contribution is -0.136. The van der Waals surface area contributed by atoms with Crippen LogP contribution in [0.1, 0.15) is 49.4 Å². The molecule has 2 aliphatic heterocycles. The SMILES string of the molecule is CCC1=C(C(=O)OC)C(c2ccc(C)cc2C)N2C(CC(=O)N(C)CC)=CSC2=N1. The lowest BCUT2D eigenvalue weighted by Gasteiger charge is -2.37. The van der Waals surface area contributed by atoms with E-state index in [-0.39, 0.29) is 24.3 Å². The van der Waals surface area contributed by atoms with Crippen molar-refractivity contribution in [2.45, 2.75) is 46.6 Å². The number of hydrogen-bond donors (Lipinski definition) is 0. The number of thioether (sulfide) groups is 1. The fraction of sp³-hybridized carbons (Fsp3) is 0.435. The van der Waals surface area contributed by atoms with Gasteiger partial charge in [0.1, 0.15) is 0 Å². The third-order valence-electron chi connectivity index (χ3n) is 5.58. The van der Waals surface area contributed by atoms with Crippen molar-refractivity contribution >= 4 is 28.8 Å². The van der Waals surface area contributed by atoms with Crippen LogP contribution in [0.25, 0.3) is 0 Å². The van der Waals surface area contributed by atoms with Crippen LogP contribution in [0, 0.1) is 13.8 Å². The summed E-state index contributed by atoms with van der Waals surface area (Å²) in [6, 6.07) is 5.86. The molecule has 6 nitrogen and oxygen atoms in total. The number of amidine groups is 1. The molecule has 2 aliphatic rings. The Morgan fingerprint density at radius 2 is 2.00 bits per heavy atom. The largest absolute Gasteiger partial charge is 0.466 e. The number of carbonyl (C=O) groups excluding carboxylic acids is 2. The molecule has 0 N–H and O–H groups in total. The number of methoxy groups -OCH3 is 1. The Balaban J connectivity index is 2.14. The van der Waals surface area contributed by atoms with Crippen LogP contribution in [0.15, 0.2) is 45.6 Å². The zero-order valence-corrected chi connectivity index (χ0v) is 19.3. The van der Waals surface area contributed by atoms with Gasteiger partial charge in [-0.15, -0.1) is 0 Å². The van der Waals surface area contributed by atoms with Crippen molar-refractivity contribution in [2.24, 2.45) is 4.99 Å². The van der Waals surface area contributed by atoms with Crippen molar-refractivity contribution in [2.75, 3.05) is 20.7 Å². The van der Waals surface area contributed by atoms with Gasteiger partial charge >= 0.3 is 5.97 Å². The van der Waals surface area contributed by atoms with Gasteiger partial charge in [-0.3, -0.25) is 4.79 Å². The van der Waals surface area contributed by atoms with Crippen LogP contribution < -0.4 is 0 Å². The number of esters is 1. The summed E-state index contributed by atoms with van der Waals surface area (Å²) in [4.78, 5) is 34.1. The van der Waals surface area contributed by atoms with Crippen molar-refractivity contribution in [1.82, 2.24) is 9.80 Å². The maximum atomic E-state index is 12.9. The first-order valence-electron chi connectivity index (χ1n) is 10.2. The van der Waals surface area contributed by atoms with E-state index in [1.165, 1.54) is 18.9 Å². The van der Waals surface area contributed by atoms with Crippen LogP contribution in [0.5, 0.6) is 0 Å². The highest BCUT2D eigenvalue weighted by Crippen LogP contribution is 2.46. The standard InChI is InChI=1S/C23H29N3O3S/c1-7-18-20(22(28)29-6)21(17-10-9-14(3)11-15(17)4)26-16(13-30-23(26)24-18)12-19(27)25(5)8-2/h9-11,13,21H,7-8,12H2,1-6H3. The van der Waals surface area contributed by atoms with Crippen molar-refractivity contribution in [3.05, 3.63) is 57.3 Å². The van der Waals surface area contributed by atoms with Gasteiger partial charge in [-0.05, 0) is 43.7 Å². The highest BCUT2D eigenvalue weighted by molar-refractivity contribution is 8.16. The molecule has 2 heterocycles. The lowest BCUT2D eigenvalue weighted by atomic mass is 9.89. The topological polar surface area (TPSA) is 62.2 Å². The molecule has 160 valence electrons. The van der Waals surface area contributed by atoms with Gasteiger partial charge in [0.25, 0.3) is 0 Å². The average Bonchev–Trinajstić information content (AvgIpc) is 3.13. The summed E-state index contributed by atoms with van der Waals surface area (Å²) in [5, 5.41) is 2.77. The maximum absolute atomic E-state index is 12.9. The highest BCUT2D eigenvalue weighted by atomic mass is 32.2. The Hall–Kier alpha value is -2.54. The molecule has 7 heteroatoms. The molecule has 1 atom stereocenters. The molecule has 1 aromatic carbocycles. The van der Waals surface area contributed by atoms with Gasteiger partial charge in [0.2, 0.25) is 5.91 Å². The predicted molar refractivity (Wildman–Crippen MR) is 121 cm³/mol. The van der Waals surface area contributed by atoms with Crippen LogP contribution in [0.2, 0.25) is 0 Å². The first-order valence-corrected chi connectivity index (χ1v) is 11.1. The summed E-state index contributed by atoms with van der Waals surface area (Å²) in [5.74, 6) is -0.345. The van der Waals surface area contributed by atoms with Crippen LogP contribution >= 0.6 is 11.8 Å². The summed E-state index contributed by atoms with van der Waals surface area (Å²) >= 11 is 1.50. The zero-order valence-electron chi connectivity index (χ0n) is 18.5. The molecule has 30 heavy (non-hydrogen) atoms. The Labute approximate surface area is 182 Å². The molecule has 0 spiro atoms. The van der Waals surface area contributed by atoms with Gasteiger partial charge in [-0.1, -0.05) is 42.4 Å². The zero-order chi connectivity index (χ0) is 22.0. The number of aryl methyl sites for hydroxylation is 2. The van der Waals surface area contributed by atoms with E-state index in [2.05, 4.69) is 32.0 Å². The Morgan fingerprint density at radius 1 is 1.27 bits per heavy atom. The second-order valence-electron chi connectivity index (χ2n) is 7.54. The Morgan fingerprint density at radius 3 is 2.60 bits per heavy atom. The number of allylic oxidation sites excluding steroid dienone is 1. The van der Waals surface area contributed by atoms with Crippen LogP contribution in [-0.4, -0.2) is 47.5 Å². The van der Waals surface area contributed by atoms with E-state index in [9.17, 15) is 9.59 Å². The predicted octanol–water partition coefficient (Wildman–Crippen LogP) is 4.31. The maximum Gasteiger partial charge on any atom is 0.338 e. The monoisotopic (exact) mass is 427 g/mol. The molecular weight excluding hydrogens is 398 g/mol. The van der Waals surface area contributed by atoms with E-state index in [0.717, 1.165) is 33.3 Å². The fourth-order valence-electron chi connectivity index (χ4n) is 3.81. The number of fused-ring (bicyclic) bond motifs is 1. The number of hydrogen-bond acceptors (Lipinski definition) is 6. The van der Waals surface area contributed by atoms with Crippen molar-refractivity contribution in [3.63, 3.8) is 0 Å². The normalized spacial score (nSPS) is 18.1. The second-order valence-corrected chi connectivity index (χ2v) is 8.38. The highest BCUT2D eigenvalue weighted by Gasteiger charge is 2.42. The second kappa shape index (κ2) is 9.08. The van der Waals surface area contributed by atoms with Gasteiger partial charge in [0.15, 0.2) is 5.17 Å². The summed E-state index contributed by atoms with van der Waals surface area (Å²) in [6.45, 7) is 8.69. The number of benzene rings is 1. The van der Waals surface area contributed by atoms with E-state index in [1.54, 1.807) is 11.9 Å². The molecule has 1 unspecified atom stereocenters. The molecule has 0 fully saturated rings. The van der Waals surface area contributed by atoms with Crippen molar-refractivity contribution < 1.29 is 14.3 Å². The third kappa shape index (κ3) is 4.03. The van der Waals surface area contributed by atoms with Gasteiger partial charge in [0.05, 0.1) is 30.8 Å². The Kier molecular flexibility index (Phi) is 6.71. The van der Waals surface area contributed by atoms with Gasteiger partial charge in [-0.2, -0.15) is 0 Å².